The molecule has 1 heteroatoms. The van der Waals surface area contributed by atoms with Gasteiger partial charge in [-0.25, -0.2) is 0 Å². The number of aliphatic hydroxyl groups excluding tert-OH is 1. The predicted octanol–water partition coefficient (Wildman–Crippen LogP) is 4.11. The van der Waals surface area contributed by atoms with Crippen molar-refractivity contribution in [3.8, 4) is 0 Å². The normalized spacial score (nSPS) is 22.1. The number of hydrogen-bond acceptors (Lipinski definition) is 1. The maximum absolute atomic E-state index is 9.37. The first-order chi connectivity index (χ1) is 8.13. The van der Waals surface area contributed by atoms with Gasteiger partial charge < -0.3 is 5.11 Å². The summed E-state index contributed by atoms with van der Waals surface area (Å²) in [6.07, 6.45) is 11.1. The fraction of sp³-hybridized carbons (Fsp3) is 0.625. The summed E-state index contributed by atoms with van der Waals surface area (Å²) in [5.74, 6) is 1.43. The van der Waals surface area contributed by atoms with E-state index in [0.717, 1.165) is 12.8 Å². The average molecular weight is 234 g/mol. The van der Waals surface area contributed by atoms with Crippen LogP contribution in [-0.2, 0) is 0 Å². The van der Waals surface area contributed by atoms with Crippen LogP contribution < -0.4 is 0 Å². The van der Waals surface area contributed by atoms with Crippen LogP contribution in [0.15, 0.2) is 35.5 Å². The van der Waals surface area contributed by atoms with Gasteiger partial charge in [-0.15, -0.1) is 0 Å². The molecule has 0 bridgehead atoms. The van der Waals surface area contributed by atoms with Crippen LogP contribution in [0.1, 0.15) is 40.5 Å². The molecule has 2 atom stereocenters. The van der Waals surface area contributed by atoms with Gasteiger partial charge in [0.1, 0.15) is 0 Å². The number of hydrogen-bond donors (Lipinski definition) is 1. The molecule has 0 aromatic carbocycles. The van der Waals surface area contributed by atoms with E-state index >= 15 is 0 Å². The van der Waals surface area contributed by atoms with Crippen molar-refractivity contribution in [1.29, 1.82) is 0 Å². The van der Waals surface area contributed by atoms with Crippen LogP contribution in [0.2, 0.25) is 0 Å². The molecule has 0 fully saturated rings. The van der Waals surface area contributed by atoms with Crippen molar-refractivity contribution in [2.75, 3.05) is 6.61 Å². The SMILES string of the molecule is CCC1C=CC(C(CC)CO)=CC=C1C(C)C. The third kappa shape index (κ3) is 3.57. The van der Waals surface area contributed by atoms with Gasteiger partial charge >= 0.3 is 0 Å². The third-order valence-corrected chi connectivity index (χ3v) is 3.71. The second kappa shape index (κ2) is 6.80. The molecule has 1 aliphatic rings. The smallest absolute Gasteiger partial charge is 0.0499 e. The zero-order chi connectivity index (χ0) is 12.8. The lowest BCUT2D eigenvalue weighted by Crippen LogP contribution is -2.06. The van der Waals surface area contributed by atoms with E-state index < -0.39 is 0 Å². The summed E-state index contributed by atoms with van der Waals surface area (Å²) >= 11 is 0. The molecule has 0 spiro atoms. The highest BCUT2D eigenvalue weighted by molar-refractivity contribution is 5.35. The van der Waals surface area contributed by atoms with Crippen LogP contribution >= 0.6 is 0 Å². The summed E-state index contributed by atoms with van der Waals surface area (Å²) in [7, 11) is 0. The van der Waals surface area contributed by atoms with Gasteiger partial charge in [-0.05, 0) is 30.3 Å². The zero-order valence-electron chi connectivity index (χ0n) is 11.6. The first-order valence-corrected chi connectivity index (χ1v) is 6.84. The van der Waals surface area contributed by atoms with Gasteiger partial charge in [-0.1, -0.05) is 57.6 Å². The monoisotopic (exact) mass is 234 g/mol. The predicted molar refractivity (Wildman–Crippen MR) is 74.8 cm³/mol. The minimum absolute atomic E-state index is 0.244. The van der Waals surface area contributed by atoms with Crippen LogP contribution in [0.5, 0.6) is 0 Å². The van der Waals surface area contributed by atoms with Crippen LogP contribution in [0, 0.1) is 17.8 Å². The molecule has 1 N–H and O–H groups in total. The Hall–Kier alpha value is -0.820. The Bertz CT molecular complexity index is 316. The largest absolute Gasteiger partial charge is 0.396 e. The Labute approximate surface area is 106 Å². The summed E-state index contributed by atoms with van der Waals surface area (Å²) in [6.45, 7) is 9.12. The third-order valence-electron chi connectivity index (χ3n) is 3.71. The summed E-state index contributed by atoms with van der Waals surface area (Å²) in [6, 6.07) is 0. The van der Waals surface area contributed by atoms with Gasteiger partial charge in [0, 0.05) is 12.5 Å². The van der Waals surface area contributed by atoms with Gasteiger partial charge in [-0.3, -0.25) is 0 Å². The molecule has 0 aromatic rings. The van der Waals surface area contributed by atoms with Crippen LogP contribution in [-0.4, -0.2) is 11.7 Å². The van der Waals surface area contributed by atoms with E-state index in [-0.39, 0.29) is 12.5 Å². The number of rotatable bonds is 5. The lowest BCUT2D eigenvalue weighted by molar-refractivity contribution is 0.245. The molecule has 2 unspecified atom stereocenters. The van der Waals surface area contributed by atoms with Crippen LogP contribution in [0.25, 0.3) is 0 Å². The Morgan fingerprint density at radius 1 is 1.24 bits per heavy atom. The highest BCUT2D eigenvalue weighted by Crippen LogP contribution is 2.29. The van der Waals surface area contributed by atoms with Gasteiger partial charge in [0.25, 0.3) is 0 Å². The Morgan fingerprint density at radius 2 is 1.94 bits per heavy atom. The lowest BCUT2D eigenvalue weighted by Gasteiger charge is -2.17. The molecule has 0 aromatic heterocycles. The van der Waals surface area contributed by atoms with Crippen molar-refractivity contribution >= 4 is 0 Å². The quantitative estimate of drug-likeness (QED) is 0.759. The molecule has 17 heavy (non-hydrogen) atoms. The van der Waals surface area contributed by atoms with Gasteiger partial charge in [0.05, 0.1) is 0 Å². The molecule has 0 aliphatic heterocycles. The Balaban J connectivity index is 2.99. The number of allylic oxidation sites excluding steroid dienone is 5. The molecule has 0 saturated carbocycles. The second-order valence-corrected chi connectivity index (χ2v) is 5.15. The van der Waals surface area contributed by atoms with Crippen LogP contribution in [0.4, 0.5) is 0 Å². The standard InChI is InChI=1S/C16H26O/c1-5-13-7-8-15(14(6-2)11-17)9-10-16(13)12(3)4/h7-10,12-14,17H,5-6,11H2,1-4H3. The van der Waals surface area contributed by atoms with E-state index in [4.69, 9.17) is 0 Å². The number of aliphatic hydroxyl groups is 1. The Morgan fingerprint density at radius 3 is 2.41 bits per heavy atom. The molecule has 1 aliphatic carbocycles. The maximum Gasteiger partial charge on any atom is 0.0499 e. The van der Waals surface area contributed by atoms with Crippen molar-refractivity contribution in [2.45, 2.75) is 40.5 Å². The van der Waals surface area contributed by atoms with Gasteiger partial charge in [0.2, 0.25) is 0 Å². The molecule has 0 heterocycles. The van der Waals surface area contributed by atoms with E-state index in [0.29, 0.717) is 11.8 Å². The summed E-state index contributed by atoms with van der Waals surface area (Å²) < 4.78 is 0. The van der Waals surface area contributed by atoms with E-state index in [2.05, 4.69) is 52.0 Å². The summed E-state index contributed by atoms with van der Waals surface area (Å²) in [4.78, 5) is 0. The van der Waals surface area contributed by atoms with E-state index in [9.17, 15) is 5.11 Å². The minimum Gasteiger partial charge on any atom is -0.396 e. The summed E-state index contributed by atoms with van der Waals surface area (Å²) in [5, 5.41) is 9.37. The van der Waals surface area contributed by atoms with Crippen molar-refractivity contribution in [3.05, 3.63) is 35.5 Å². The highest BCUT2D eigenvalue weighted by Gasteiger charge is 2.16. The molecule has 1 rings (SSSR count). The molecular weight excluding hydrogens is 208 g/mol. The topological polar surface area (TPSA) is 20.2 Å². The summed E-state index contributed by atoms with van der Waals surface area (Å²) in [5.41, 5.74) is 2.77. The van der Waals surface area contributed by atoms with Crippen molar-refractivity contribution in [1.82, 2.24) is 0 Å². The van der Waals surface area contributed by atoms with E-state index in [1.54, 1.807) is 0 Å². The molecule has 0 amide bonds. The van der Waals surface area contributed by atoms with Crippen molar-refractivity contribution in [3.63, 3.8) is 0 Å². The van der Waals surface area contributed by atoms with E-state index in [1.165, 1.54) is 11.1 Å². The second-order valence-electron chi connectivity index (χ2n) is 5.15. The van der Waals surface area contributed by atoms with Gasteiger partial charge in [0.15, 0.2) is 0 Å². The molecule has 1 nitrogen and oxygen atoms in total. The van der Waals surface area contributed by atoms with Crippen molar-refractivity contribution in [2.24, 2.45) is 17.8 Å². The molecular formula is C16H26O. The zero-order valence-corrected chi connectivity index (χ0v) is 11.6. The first kappa shape index (κ1) is 14.2. The fourth-order valence-electron chi connectivity index (χ4n) is 2.44. The maximum atomic E-state index is 9.37. The molecule has 0 saturated heterocycles. The lowest BCUT2D eigenvalue weighted by atomic mass is 9.88. The minimum atomic E-state index is 0.244. The van der Waals surface area contributed by atoms with Gasteiger partial charge in [-0.2, -0.15) is 0 Å². The molecule has 0 radical (unpaired) electrons. The fourth-order valence-corrected chi connectivity index (χ4v) is 2.44. The van der Waals surface area contributed by atoms with Crippen LogP contribution in [0.3, 0.4) is 0 Å². The molecule has 96 valence electrons. The van der Waals surface area contributed by atoms with Crippen molar-refractivity contribution < 1.29 is 5.11 Å². The van der Waals surface area contributed by atoms with E-state index in [1.807, 2.05) is 0 Å². The average Bonchev–Trinajstić information content (AvgIpc) is 2.53. The Kier molecular flexibility index (Phi) is 5.70. The highest BCUT2D eigenvalue weighted by atomic mass is 16.3. The first-order valence-electron chi connectivity index (χ1n) is 6.84.